The number of aromatic carboxylic acids is 2. The van der Waals surface area contributed by atoms with Crippen LogP contribution in [0.5, 0.6) is 11.5 Å². The van der Waals surface area contributed by atoms with E-state index in [1.165, 1.54) is 12.1 Å². The van der Waals surface area contributed by atoms with E-state index in [2.05, 4.69) is 11.8 Å². The van der Waals surface area contributed by atoms with Gasteiger partial charge in [0.15, 0.2) is 0 Å². The van der Waals surface area contributed by atoms with Gasteiger partial charge < -0.3 is 20.1 Å². The number of hydrogen-bond donors (Lipinski definition) is 3. The summed E-state index contributed by atoms with van der Waals surface area (Å²) in [4.78, 5) is 22.2. The lowest BCUT2D eigenvalue weighted by Gasteiger charge is -2.08. The minimum atomic E-state index is -1.25. The molecule has 2 aromatic rings. The van der Waals surface area contributed by atoms with Gasteiger partial charge in [0.1, 0.15) is 17.1 Å². The fourth-order valence-electron chi connectivity index (χ4n) is 1.87. The van der Waals surface area contributed by atoms with E-state index in [4.69, 9.17) is 14.9 Å². The second kappa shape index (κ2) is 7.07. The van der Waals surface area contributed by atoms with E-state index in [1.807, 2.05) is 0 Å². The molecule has 6 heteroatoms. The zero-order chi connectivity index (χ0) is 18.6. The van der Waals surface area contributed by atoms with E-state index >= 15 is 0 Å². The summed E-state index contributed by atoms with van der Waals surface area (Å²) in [5.74, 6) is 3.50. The minimum Gasteiger partial charge on any atom is -0.478 e. The highest BCUT2D eigenvalue weighted by molar-refractivity contribution is 5.94. The van der Waals surface area contributed by atoms with Gasteiger partial charge in [0.05, 0.1) is 11.1 Å². The highest BCUT2D eigenvalue weighted by Crippen LogP contribution is 2.24. The van der Waals surface area contributed by atoms with Gasteiger partial charge in [0.25, 0.3) is 0 Å². The molecule has 3 N–H and O–H groups in total. The van der Waals surface area contributed by atoms with Crippen LogP contribution in [0.15, 0.2) is 42.5 Å². The van der Waals surface area contributed by atoms with Crippen LogP contribution in [0.2, 0.25) is 0 Å². The third-order valence-corrected chi connectivity index (χ3v) is 3.00. The molecule has 6 nitrogen and oxygen atoms in total. The molecule has 0 radical (unpaired) electrons. The Hall–Kier alpha value is -3.30. The predicted octanol–water partition coefficient (Wildman–Crippen LogP) is 3.00. The Bertz CT molecular complexity index is 831. The fourth-order valence-corrected chi connectivity index (χ4v) is 1.87. The lowest BCUT2D eigenvalue weighted by Crippen LogP contribution is -2.14. The molecule has 0 amide bonds. The second-order valence-electron chi connectivity index (χ2n) is 5.79. The van der Waals surface area contributed by atoms with E-state index in [-0.39, 0.29) is 16.9 Å². The summed E-state index contributed by atoms with van der Waals surface area (Å²) in [6, 6.07) is 10.1. The van der Waals surface area contributed by atoms with Crippen molar-refractivity contribution < 1.29 is 29.6 Å². The van der Waals surface area contributed by atoms with Crippen molar-refractivity contribution in [3.05, 3.63) is 59.2 Å². The molecule has 0 aromatic heterocycles. The van der Waals surface area contributed by atoms with Gasteiger partial charge in [-0.1, -0.05) is 11.8 Å². The molecule has 0 saturated heterocycles. The van der Waals surface area contributed by atoms with Crippen molar-refractivity contribution in [1.29, 1.82) is 0 Å². The van der Waals surface area contributed by atoms with Gasteiger partial charge in [0, 0.05) is 5.56 Å². The maximum atomic E-state index is 11.1. The zero-order valence-electron chi connectivity index (χ0n) is 13.6. The van der Waals surface area contributed by atoms with E-state index < -0.39 is 17.5 Å². The van der Waals surface area contributed by atoms with Crippen molar-refractivity contribution in [2.75, 3.05) is 0 Å². The monoisotopic (exact) mass is 340 g/mol. The highest BCUT2D eigenvalue weighted by atomic mass is 16.5. The summed E-state index contributed by atoms with van der Waals surface area (Å²) in [5, 5.41) is 27.7. The first-order chi connectivity index (χ1) is 11.6. The average molecular weight is 340 g/mol. The van der Waals surface area contributed by atoms with Crippen molar-refractivity contribution >= 4 is 11.9 Å². The highest BCUT2D eigenvalue weighted by Gasteiger charge is 2.12. The first-order valence-corrected chi connectivity index (χ1v) is 7.29. The van der Waals surface area contributed by atoms with Gasteiger partial charge in [-0.2, -0.15) is 0 Å². The van der Waals surface area contributed by atoms with Crippen LogP contribution in [0.25, 0.3) is 0 Å². The Morgan fingerprint density at radius 2 is 1.44 bits per heavy atom. The number of ether oxygens (including phenoxy) is 1. The molecule has 2 rings (SSSR count). The topological polar surface area (TPSA) is 104 Å². The van der Waals surface area contributed by atoms with E-state index in [9.17, 15) is 14.7 Å². The van der Waals surface area contributed by atoms with Crippen LogP contribution in [0.4, 0.5) is 0 Å². The van der Waals surface area contributed by atoms with Crippen molar-refractivity contribution in [2.45, 2.75) is 19.4 Å². The number of benzene rings is 2. The largest absolute Gasteiger partial charge is 0.478 e. The second-order valence-corrected chi connectivity index (χ2v) is 5.79. The normalized spacial score (nSPS) is 10.5. The number of rotatable bonds is 4. The molecular formula is C19H16O6. The Morgan fingerprint density at radius 3 is 1.88 bits per heavy atom. The van der Waals surface area contributed by atoms with Crippen molar-refractivity contribution in [3.8, 4) is 23.3 Å². The molecule has 0 fully saturated rings. The number of carboxylic acid groups (broad SMARTS) is 2. The molecule has 0 bridgehead atoms. The van der Waals surface area contributed by atoms with Gasteiger partial charge in [-0.25, -0.2) is 9.59 Å². The molecule has 0 spiro atoms. The van der Waals surface area contributed by atoms with Crippen LogP contribution in [0.3, 0.4) is 0 Å². The Labute approximate surface area is 144 Å². The number of carboxylic acids is 2. The maximum Gasteiger partial charge on any atom is 0.335 e. The molecule has 0 unspecified atom stereocenters. The van der Waals surface area contributed by atoms with Gasteiger partial charge in [0.2, 0.25) is 0 Å². The molecule has 2 aromatic carbocycles. The average Bonchev–Trinajstić information content (AvgIpc) is 2.53. The van der Waals surface area contributed by atoms with Crippen molar-refractivity contribution in [1.82, 2.24) is 0 Å². The fraction of sp³-hybridized carbons (Fsp3) is 0.158. The van der Waals surface area contributed by atoms with Crippen LogP contribution < -0.4 is 4.74 Å². The summed E-state index contributed by atoms with van der Waals surface area (Å²) in [6.07, 6.45) is 0. The predicted molar refractivity (Wildman–Crippen MR) is 90.1 cm³/mol. The SMILES string of the molecule is CC(C)(O)C#Cc1ccc(Oc2cc(C(=O)O)cc(C(=O)O)c2)cc1. The number of carbonyl (C=O) groups is 2. The summed E-state index contributed by atoms with van der Waals surface area (Å²) >= 11 is 0. The molecule has 0 saturated carbocycles. The van der Waals surface area contributed by atoms with Crippen LogP contribution in [0.1, 0.15) is 40.1 Å². The first-order valence-electron chi connectivity index (χ1n) is 7.29. The Balaban J connectivity index is 2.26. The first kappa shape index (κ1) is 18.0. The molecule has 0 heterocycles. The van der Waals surface area contributed by atoms with E-state index in [1.54, 1.807) is 38.1 Å². The van der Waals surface area contributed by atoms with Gasteiger partial charge in [-0.15, -0.1) is 0 Å². The lowest BCUT2D eigenvalue weighted by atomic mass is 10.1. The Morgan fingerprint density at radius 1 is 0.920 bits per heavy atom. The van der Waals surface area contributed by atoms with Crippen LogP contribution in [0, 0.1) is 11.8 Å². The molecule has 0 atom stereocenters. The molecule has 0 aliphatic carbocycles. The summed E-state index contributed by atoms with van der Waals surface area (Å²) in [7, 11) is 0. The van der Waals surface area contributed by atoms with Gasteiger partial charge >= 0.3 is 11.9 Å². The quantitative estimate of drug-likeness (QED) is 0.739. The molecule has 25 heavy (non-hydrogen) atoms. The molecule has 128 valence electrons. The number of aliphatic hydroxyl groups is 1. The maximum absolute atomic E-state index is 11.1. The third kappa shape index (κ3) is 5.37. The minimum absolute atomic E-state index is 0.104. The summed E-state index contributed by atoms with van der Waals surface area (Å²) in [5.41, 5.74) is -0.787. The molecule has 0 aliphatic heterocycles. The van der Waals surface area contributed by atoms with E-state index in [0.717, 1.165) is 6.07 Å². The van der Waals surface area contributed by atoms with Crippen LogP contribution in [-0.2, 0) is 0 Å². The zero-order valence-corrected chi connectivity index (χ0v) is 13.6. The van der Waals surface area contributed by atoms with E-state index in [0.29, 0.717) is 11.3 Å². The summed E-state index contributed by atoms with van der Waals surface area (Å²) in [6.45, 7) is 3.15. The Kier molecular flexibility index (Phi) is 5.11. The summed E-state index contributed by atoms with van der Waals surface area (Å²) < 4.78 is 5.54. The third-order valence-electron chi connectivity index (χ3n) is 3.00. The number of hydrogen-bond acceptors (Lipinski definition) is 4. The van der Waals surface area contributed by atoms with Crippen LogP contribution >= 0.6 is 0 Å². The smallest absolute Gasteiger partial charge is 0.335 e. The molecule has 0 aliphatic rings. The van der Waals surface area contributed by atoms with Gasteiger partial charge in [-0.05, 0) is 56.3 Å². The standard InChI is InChI=1S/C19H16O6/c1-19(2,24)8-7-12-3-5-15(6-4-12)25-16-10-13(17(20)21)9-14(11-16)18(22)23/h3-6,9-11,24H,1-2H3,(H,20,21)(H,22,23). The lowest BCUT2D eigenvalue weighted by molar-refractivity contribution is 0.0696. The van der Waals surface area contributed by atoms with Crippen LogP contribution in [-0.4, -0.2) is 32.9 Å². The molecular weight excluding hydrogens is 324 g/mol. The van der Waals surface area contributed by atoms with Gasteiger partial charge in [-0.3, -0.25) is 0 Å². The van der Waals surface area contributed by atoms with Crippen molar-refractivity contribution in [2.24, 2.45) is 0 Å². The van der Waals surface area contributed by atoms with Crippen molar-refractivity contribution in [3.63, 3.8) is 0 Å².